The van der Waals surface area contributed by atoms with Gasteiger partial charge in [0.2, 0.25) is 0 Å². The Kier molecular flexibility index (Phi) is 4.80. The zero-order valence-corrected chi connectivity index (χ0v) is 11.4. The van der Waals surface area contributed by atoms with Gasteiger partial charge in [0.1, 0.15) is 11.9 Å². The molecule has 1 heterocycles. The molecule has 0 fully saturated rings. The molecule has 1 aromatic heterocycles. The first-order valence-electron chi connectivity index (χ1n) is 6.59. The van der Waals surface area contributed by atoms with E-state index in [1.807, 2.05) is 12.1 Å². The third-order valence-electron chi connectivity index (χ3n) is 3.00. The molecule has 0 aliphatic heterocycles. The Morgan fingerprint density at radius 2 is 2.10 bits per heavy atom. The van der Waals surface area contributed by atoms with E-state index in [4.69, 9.17) is 5.26 Å². The number of benzene rings is 1. The Morgan fingerprint density at radius 3 is 2.80 bits per heavy atom. The first kappa shape index (κ1) is 14.2. The topological polar surface area (TPSA) is 48.7 Å². The highest BCUT2D eigenvalue weighted by atomic mass is 19.1. The van der Waals surface area contributed by atoms with Crippen molar-refractivity contribution in [1.29, 1.82) is 5.26 Å². The van der Waals surface area contributed by atoms with Crippen molar-refractivity contribution in [1.82, 2.24) is 10.3 Å². The van der Waals surface area contributed by atoms with Crippen molar-refractivity contribution in [3.8, 4) is 17.2 Å². The lowest BCUT2D eigenvalue weighted by Gasteiger charge is -2.07. The molecule has 0 saturated heterocycles. The number of rotatable bonds is 5. The smallest absolute Gasteiger partial charge is 0.128 e. The van der Waals surface area contributed by atoms with E-state index in [0.717, 1.165) is 24.1 Å². The van der Waals surface area contributed by atoms with Gasteiger partial charge in [-0.3, -0.25) is 4.98 Å². The summed E-state index contributed by atoms with van der Waals surface area (Å²) in [6.07, 6.45) is 4.14. The van der Waals surface area contributed by atoms with Gasteiger partial charge in [0.15, 0.2) is 0 Å². The SMILES string of the molecule is CCCNCc1ccc(-c2cncc(C#N)c2)cc1F. The van der Waals surface area contributed by atoms with E-state index < -0.39 is 0 Å². The maximum absolute atomic E-state index is 14.0. The minimum Gasteiger partial charge on any atom is -0.313 e. The molecule has 0 saturated carbocycles. The van der Waals surface area contributed by atoms with Crippen LogP contribution in [0.5, 0.6) is 0 Å². The summed E-state index contributed by atoms with van der Waals surface area (Å²) in [6.45, 7) is 3.47. The van der Waals surface area contributed by atoms with Gasteiger partial charge in [-0.2, -0.15) is 5.26 Å². The second-order valence-electron chi connectivity index (χ2n) is 4.56. The van der Waals surface area contributed by atoms with Crippen molar-refractivity contribution in [3.63, 3.8) is 0 Å². The molecule has 4 heteroatoms. The van der Waals surface area contributed by atoms with Gasteiger partial charge in [0.25, 0.3) is 0 Å². The van der Waals surface area contributed by atoms with Crippen LogP contribution in [0.25, 0.3) is 11.1 Å². The summed E-state index contributed by atoms with van der Waals surface area (Å²) in [7, 11) is 0. The van der Waals surface area contributed by atoms with E-state index in [9.17, 15) is 4.39 Å². The monoisotopic (exact) mass is 269 g/mol. The average Bonchev–Trinajstić information content (AvgIpc) is 2.49. The predicted octanol–water partition coefficient (Wildman–Crippen LogP) is 3.26. The summed E-state index contributed by atoms with van der Waals surface area (Å²) in [5, 5.41) is 12.0. The number of pyridine rings is 1. The summed E-state index contributed by atoms with van der Waals surface area (Å²) >= 11 is 0. The molecule has 102 valence electrons. The lowest BCUT2D eigenvalue weighted by Crippen LogP contribution is -2.14. The minimum atomic E-state index is -0.242. The Hall–Kier alpha value is -2.25. The summed E-state index contributed by atoms with van der Waals surface area (Å²) in [4.78, 5) is 3.99. The van der Waals surface area contributed by atoms with Gasteiger partial charge in [0, 0.05) is 30.1 Å². The second-order valence-corrected chi connectivity index (χ2v) is 4.56. The largest absolute Gasteiger partial charge is 0.313 e. The number of hydrogen-bond acceptors (Lipinski definition) is 3. The molecular formula is C16H16FN3. The van der Waals surface area contributed by atoms with Gasteiger partial charge in [-0.15, -0.1) is 0 Å². The van der Waals surface area contributed by atoms with Crippen molar-refractivity contribution in [3.05, 3.63) is 53.6 Å². The lowest BCUT2D eigenvalue weighted by atomic mass is 10.0. The molecule has 0 aliphatic rings. The highest BCUT2D eigenvalue weighted by Crippen LogP contribution is 2.22. The molecule has 3 nitrogen and oxygen atoms in total. The van der Waals surface area contributed by atoms with Crippen molar-refractivity contribution >= 4 is 0 Å². The van der Waals surface area contributed by atoms with E-state index in [2.05, 4.69) is 17.2 Å². The van der Waals surface area contributed by atoms with Crippen molar-refractivity contribution in [2.45, 2.75) is 19.9 Å². The fourth-order valence-electron chi connectivity index (χ4n) is 1.93. The molecule has 2 aromatic rings. The molecule has 0 bridgehead atoms. The molecule has 1 N–H and O–H groups in total. The first-order valence-corrected chi connectivity index (χ1v) is 6.59. The fraction of sp³-hybridized carbons (Fsp3) is 0.250. The molecule has 0 atom stereocenters. The van der Waals surface area contributed by atoms with Crippen LogP contribution in [0.4, 0.5) is 4.39 Å². The quantitative estimate of drug-likeness (QED) is 0.847. The highest BCUT2D eigenvalue weighted by Gasteiger charge is 2.06. The van der Waals surface area contributed by atoms with Gasteiger partial charge in [-0.25, -0.2) is 4.39 Å². The molecule has 20 heavy (non-hydrogen) atoms. The fourth-order valence-corrected chi connectivity index (χ4v) is 1.93. The Balaban J connectivity index is 2.22. The standard InChI is InChI=1S/C16H16FN3/c1-2-5-19-10-14-4-3-13(7-16(14)17)15-6-12(8-18)9-20-11-15/h3-4,6-7,9,11,19H,2,5,10H2,1H3. The number of nitrogens with zero attached hydrogens (tertiary/aromatic N) is 2. The van der Waals surface area contributed by atoms with E-state index in [1.54, 1.807) is 18.3 Å². The van der Waals surface area contributed by atoms with Crippen molar-refractivity contribution in [2.24, 2.45) is 0 Å². The number of nitriles is 1. The summed E-state index contributed by atoms with van der Waals surface area (Å²) in [5.41, 5.74) is 2.59. The molecule has 0 spiro atoms. The third-order valence-corrected chi connectivity index (χ3v) is 3.00. The predicted molar refractivity (Wildman–Crippen MR) is 76.3 cm³/mol. The van der Waals surface area contributed by atoms with E-state index >= 15 is 0 Å². The van der Waals surface area contributed by atoms with Crippen LogP contribution in [0.2, 0.25) is 0 Å². The van der Waals surface area contributed by atoms with Gasteiger partial charge in [-0.1, -0.05) is 19.1 Å². The van der Waals surface area contributed by atoms with E-state index in [-0.39, 0.29) is 5.82 Å². The summed E-state index contributed by atoms with van der Waals surface area (Å²) in [6, 6.07) is 8.85. The first-order chi connectivity index (χ1) is 9.74. The Bertz CT molecular complexity index is 632. The maximum atomic E-state index is 14.0. The Labute approximate surface area is 118 Å². The van der Waals surface area contributed by atoms with Crippen LogP contribution in [0.15, 0.2) is 36.7 Å². The number of hydrogen-bond donors (Lipinski definition) is 1. The molecule has 0 unspecified atom stereocenters. The van der Waals surface area contributed by atoms with Crippen LogP contribution < -0.4 is 5.32 Å². The number of aromatic nitrogens is 1. The van der Waals surface area contributed by atoms with Crippen LogP contribution in [0.1, 0.15) is 24.5 Å². The van der Waals surface area contributed by atoms with E-state index in [1.165, 1.54) is 12.3 Å². The number of nitrogens with one attached hydrogen (secondary N) is 1. The van der Waals surface area contributed by atoms with Crippen LogP contribution in [0, 0.1) is 17.1 Å². The van der Waals surface area contributed by atoms with Gasteiger partial charge in [-0.05, 0) is 30.7 Å². The molecule has 0 amide bonds. The van der Waals surface area contributed by atoms with Crippen LogP contribution in [-0.4, -0.2) is 11.5 Å². The zero-order valence-electron chi connectivity index (χ0n) is 11.4. The molecule has 0 aliphatic carbocycles. The maximum Gasteiger partial charge on any atom is 0.128 e. The minimum absolute atomic E-state index is 0.242. The molecule has 1 aromatic carbocycles. The molecule has 2 rings (SSSR count). The van der Waals surface area contributed by atoms with Crippen molar-refractivity contribution in [2.75, 3.05) is 6.54 Å². The Morgan fingerprint density at radius 1 is 1.25 bits per heavy atom. The van der Waals surface area contributed by atoms with Crippen LogP contribution in [0.3, 0.4) is 0 Å². The normalized spacial score (nSPS) is 10.2. The van der Waals surface area contributed by atoms with Crippen LogP contribution in [-0.2, 0) is 6.54 Å². The second kappa shape index (κ2) is 6.78. The van der Waals surface area contributed by atoms with Gasteiger partial charge < -0.3 is 5.32 Å². The van der Waals surface area contributed by atoms with Crippen LogP contribution >= 0.6 is 0 Å². The van der Waals surface area contributed by atoms with E-state index in [0.29, 0.717) is 17.7 Å². The lowest BCUT2D eigenvalue weighted by molar-refractivity contribution is 0.587. The highest BCUT2D eigenvalue weighted by molar-refractivity contribution is 5.64. The molecule has 0 radical (unpaired) electrons. The third kappa shape index (κ3) is 3.40. The van der Waals surface area contributed by atoms with Gasteiger partial charge in [0.05, 0.1) is 5.56 Å². The molecular weight excluding hydrogens is 253 g/mol. The summed E-state index contributed by atoms with van der Waals surface area (Å²) in [5.74, 6) is -0.242. The average molecular weight is 269 g/mol. The number of halogens is 1. The summed E-state index contributed by atoms with van der Waals surface area (Å²) < 4.78 is 14.0. The zero-order chi connectivity index (χ0) is 14.4. The van der Waals surface area contributed by atoms with Crippen molar-refractivity contribution < 1.29 is 4.39 Å². The van der Waals surface area contributed by atoms with Gasteiger partial charge >= 0.3 is 0 Å².